The summed E-state index contributed by atoms with van der Waals surface area (Å²) < 4.78 is 10.1. The van der Waals surface area contributed by atoms with Crippen molar-refractivity contribution < 1.29 is 13.9 Å². The lowest BCUT2D eigenvalue weighted by Gasteiger charge is -2.01. The molecule has 2 aromatic rings. The van der Waals surface area contributed by atoms with Gasteiger partial charge < -0.3 is 9.15 Å². The summed E-state index contributed by atoms with van der Waals surface area (Å²) >= 11 is 0. The van der Waals surface area contributed by atoms with E-state index in [9.17, 15) is 4.79 Å². The molecule has 2 heterocycles. The zero-order chi connectivity index (χ0) is 13.0. The van der Waals surface area contributed by atoms with Gasteiger partial charge in [-0.3, -0.25) is 4.79 Å². The lowest BCUT2D eigenvalue weighted by molar-refractivity contribution is -0.140. The fraction of sp³-hybridized carbons (Fsp3) is 0.308. The van der Waals surface area contributed by atoms with Crippen molar-refractivity contribution >= 4 is 5.97 Å². The summed E-state index contributed by atoms with van der Waals surface area (Å²) in [6.07, 6.45) is 2.39. The fourth-order valence-corrected chi connectivity index (χ4v) is 1.54. The standard InChI is InChI=1S/C13H14N2O3/c1-9-3-4-11(18-9)10-7-8-14-12(15-10)5-6-13(16)17-2/h3-4,7-8H,5-6H2,1-2H3. The lowest BCUT2D eigenvalue weighted by Crippen LogP contribution is -2.04. The van der Waals surface area contributed by atoms with Gasteiger partial charge in [-0.25, -0.2) is 9.97 Å². The van der Waals surface area contributed by atoms with Gasteiger partial charge in [0.2, 0.25) is 0 Å². The van der Waals surface area contributed by atoms with Gasteiger partial charge in [-0.1, -0.05) is 0 Å². The number of aryl methyl sites for hydroxylation is 2. The number of carbonyl (C=O) groups is 1. The minimum atomic E-state index is -0.266. The van der Waals surface area contributed by atoms with E-state index in [2.05, 4.69) is 14.7 Å². The van der Waals surface area contributed by atoms with E-state index in [4.69, 9.17) is 4.42 Å². The Kier molecular flexibility index (Phi) is 3.72. The van der Waals surface area contributed by atoms with Crippen molar-refractivity contribution in [2.75, 3.05) is 7.11 Å². The minimum absolute atomic E-state index is 0.266. The van der Waals surface area contributed by atoms with Crippen molar-refractivity contribution in [3.8, 4) is 11.5 Å². The Morgan fingerprint density at radius 2 is 2.22 bits per heavy atom. The molecule has 5 nitrogen and oxygen atoms in total. The number of rotatable bonds is 4. The quantitative estimate of drug-likeness (QED) is 0.773. The van der Waals surface area contributed by atoms with Crippen LogP contribution in [0.1, 0.15) is 18.0 Å². The first-order chi connectivity index (χ1) is 8.69. The number of hydrogen-bond acceptors (Lipinski definition) is 5. The zero-order valence-electron chi connectivity index (χ0n) is 10.3. The lowest BCUT2D eigenvalue weighted by atomic mass is 10.2. The Morgan fingerprint density at radius 3 is 2.89 bits per heavy atom. The highest BCUT2D eigenvalue weighted by molar-refractivity contribution is 5.69. The van der Waals surface area contributed by atoms with E-state index in [1.807, 2.05) is 19.1 Å². The molecule has 0 aliphatic heterocycles. The molecule has 0 unspecified atom stereocenters. The van der Waals surface area contributed by atoms with Gasteiger partial charge in [0.25, 0.3) is 0 Å². The normalized spacial score (nSPS) is 10.3. The van der Waals surface area contributed by atoms with Crippen LogP contribution in [0.2, 0.25) is 0 Å². The van der Waals surface area contributed by atoms with E-state index >= 15 is 0 Å². The first kappa shape index (κ1) is 12.3. The molecule has 2 aromatic heterocycles. The fourth-order valence-electron chi connectivity index (χ4n) is 1.54. The molecule has 0 aliphatic carbocycles. The first-order valence-corrected chi connectivity index (χ1v) is 5.64. The molecule has 94 valence electrons. The number of furan rings is 1. The van der Waals surface area contributed by atoms with Crippen molar-refractivity contribution in [3.63, 3.8) is 0 Å². The van der Waals surface area contributed by atoms with Crippen LogP contribution in [0.4, 0.5) is 0 Å². The molecule has 0 bridgehead atoms. The molecule has 0 aliphatic rings. The molecular formula is C13H14N2O3. The smallest absolute Gasteiger partial charge is 0.305 e. The van der Waals surface area contributed by atoms with Gasteiger partial charge >= 0.3 is 5.97 Å². The molecule has 0 atom stereocenters. The maximum atomic E-state index is 11.0. The van der Waals surface area contributed by atoms with E-state index in [1.54, 1.807) is 12.3 Å². The van der Waals surface area contributed by atoms with Crippen LogP contribution in [0.15, 0.2) is 28.8 Å². The van der Waals surface area contributed by atoms with Gasteiger partial charge in [-0.05, 0) is 25.1 Å². The second-order valence-electron chi connectivity index (χ2n) is 3.84. The largest absolute Gasteiger partial charge is 0.469 e. The van der Waals surface area contributed by atoms with Crippen molar-refractivity contribution in [3.05, 3.63) is 36.0 Å². The molecule has 0 aromatic carbocycles. The van der Waals surface area contributed by atoms with Crippen LogP contribution < -0.4 is 0 Å². The highest BCUT2D eigenvalue weighted by Crippen LogP contribution is 2.19. The molecule has 0 saturated heterocycles. The number of aromatic nitrogens is 2. The Bertz CT molecular complexity index is 549. The summed E-state index contributed by atoms with van der Waals surface area (Å²) in [6, 6.07) is 5.52. The molecule has 2 rings (SSSR count). The molecule has 0 saturated carbocycles. The van der Waals surface area contributed by atoms with E-state index in [0.717, 1.165) is 11.5 Å². The number of nitrogens with zero attached hydrogens (tertiary/aromatic N) is 2. The molecule has 0 fully saturated rings. The van der Waals surface area contributed by atoms with E-state index < -0.39 is 0 Å². The van der Waals surface area contributed by atoms with E-state index in [0.29, 0.717) is 18.0 Å². The van der Waals surface area contributed by atoms with Gasteiger partial charge in [0.05, 0.1) is 13.5 Å². The monoisotopic (exact) mass is 246 g/mol. The van der Waals surface area contributed by atoms with Gasteiger partial charge in [0.15, 0.2) is 5.76 Å². The molecule has 0 radical (unpaired) electrons. The second kappa shape index (κ2) is 5.44. The molecule has 0 N–H and O–H groups in total. The Labute approximate surface area is 105 Å². The second-order valence-corrected chi connectivity index (χ2v) is 3.84. The summed E-state index contributed by atoms with van der Waals surface area (Å²) in [5.74, 6) is 1.87. The maximum absolute atomic E-state index is 11.0. The third-order valence-electron chi connectivity index (χ3n) is 2.48. The van der Waals surface area contributed by atoms with Crippen LogP contribution in [0, 0.1) is 6.92 Å². The van der Waals surface area contributed by atoms with Crippen LogP contribution >= 0.6 is 0 Å². The predicted octanol–water partition coefficient (Wildman–Crippen LogP) is 2.15. The summed E-state index contributed by atoms with van der Waals surface area (Å²) in [4.78, 5) is 19.5. The Hall–Kier alpha value is -2.17. The number of esters is 1. The number of hydrogen-bond donors (Lipinski definition) is 0. The summed E-state index contributed by atoms with van der Waals surface area (Å²) in [5.41, 5.74) is 0.720. The highest BCUT2D eigenvalue weighted by atomic mass is 16.5. The summed E-state index contributed by atoms with van der Waals surface area (Å²) in [6.45, 7) is 1.88. The molecule has 5 heteroatoms. The topological polar surface area (TPSA) is 65.2 Å². The molecule has 0 spiro atoms. The van der Waals surface area contributed by atoms with Crippen molar-refractivity contribution in [1.29, 1.82) is 0 Å². The van der Waals surface area contributed by atoms with Crippen molar-refractivity contribution in [2.45, 2.75) is 19.8 Å². The number of methoxy groups -OCH3 is 1. The SMILES string of the molecule is COC(=O)CCc1nccc(-c2ccc(C)o2)n1. The van der Waals surface area contributed by atoms with Gasteiger partial charge in [0.1, 0.15) is 17.3 Å². The third-order valence-corrected chi connectivity index (χ3v) is 2.48. The Balaban J connectivity index is 2.12. The first-order valence-electron chi connectivity index (χ1n) is 5.64. The van der Waals surface area contributed by atoms with Gasteiger partial charge in [0, 0.05) is 12.6 Å². The van der Waals surface area contributed by atoms with Crippen LogP contribution in [0.25, 0.3) is 11.5 Å². The average Bonchev–Trinajstić information content (AvgIpc) is 2.83. The van der Waals surface area contributed by atoms with Gasteiger partial charge in [-0.2, -0.15) is 0 Å². The van der Waals surface area contributed by atoms with Crippen LogP contribution in [-0.4, -0.2) is 23.0 Å². The third kappa shape index (κ3) is 2.94. The molecular weight excluding hydrogens is 232 g/mol. The van der Waals surface area contributed by atoms with Gasteiger partial charge in [-0.15, -0.1) is 0 Å². The summed E-state index contributed by atoms with van der Waals surface area (Å²) in [5, 5.41) is 0. The van der Waals surface area contributed by atoms with E-state index in [1.165, 1.54) is 7.11 Å². The average molecular weight is 246 g/mol. The number of ether oxygens (including phenoxy) is 1. The molecule has 0 amide bonds. The summed E-state index contributed by atoms with van der Waals surface area (Å²) in [7, 11) is 1.37. The number of carbonyl (C=O) groups excluding carboxylic acids is 1. The predicted molar refractivity (Wildman–Crippen MR) is 64.8 cm³/mol. The van der Waals surface area contributed by atoms with Crippen LogP contribution in [0.5, 0.6) is 0 Å². The van der Waals surface area contributed by atoms with Crippen LogP contribution in [0.3, 0.4) is 0 Å². The van der Waals surface area contributed by atoms with Crippen LogP contribution in [-0.2, 0) is 16.0 Å². The highest BCUT2D eigenvalue weighted by Gasteiger charge is 2.08. The van der Waals surface area contributed by atoms with E-state index in [-0.39, 0.29) is 12.4 Å². The minimum Gasteiger partial charge on any atom is -0.469 e. The van der Waals surface area contributed by atoms with Crippen molar-refractivity contribution in [2.24, 2.45) is 0 Å². The maximum Gasteiger partial charge on any atom is 0.305 e. The Morgan fingerprint density at radius 1 is 1.39 bits per heavy atom. The molecule has 18 heavy (non-hydrogen) atoms. The zero-order valence-corrected chi connectivity index (χ0v) is 10.3. The van der Waals surface area contributed by atoms with Crippen molar-refractivity contribution in [1.82, 2.24) is 9.97 Å².